The summed E-state index contributed by atoms with van der Waals surface area (Å²) in [4.78, 5) is 46.8. The Morgan fingerprint density at radius 1 is 1.09 bits per heavy atom. The van der Waals surface area contributed by atoms with Crippen LogP contribution in [0.15, 0.2) is 54.7 Å². The number of rotatable bonds is 14. The molecule has 0 saturated carbocycles. The molecule has 0 radical (unpaired) electrons. The Hall–Kier alpha value is -3.89. The minimum atomic E-state index is -0.917. The summed E-state index contributed by atoms with van der Waals surface area (Å²) >= 11 is 0. The van der Waals surface area contributed by atoms with Gasteiger partial charge in [-0.15, -0.1) is 0 Å². The molecule has 250 valence electrons. The number of aromatic nitrogens is 1. The zero-order chi connectivity index (χ0) is 33.3. The van der Waals surface area contributed by atoms with E-state index in [1.165, 1.54) is 0 Å². The highest BCUT2D eigenvalue weighted by Crippen LogP contribution is 2.29. The molecule has 0 bridgehead atoms. The van der Waals surface area contributed by atoms with Crippen molar-refractivity contribution >= 4 is 28.7 Å². The number of esters is 1. The van der Waals surface area contributed by atoms with Crippen LogP contribution < -0.4 is 21.1 Å². The van der Waals surface area contributed by atoms with Crippen molar-refractivity contribution in [2.75, 3.05) is 26.7 Å². The minimum absolute atomic E-state index is 0.167. The van der Waals surface area contributed by atoms with Crippen molar-refractivity contribution in [2.45, 2.75) is 89.9 Å². The molecule has 10 nitrogen and oxygen atoms in total. The summed E-state index contributed by atoms with van der Waals surface area (Å²) < 4.78 is 11.0. The van der Waals surface area contributed by atoms with E-state index in [1.807, 2.05) is 55.6 Å². The molecule has 5 N–H and O–H groups in total. The van der Waals surface area contributed by atoms with Crippen LogP contribution in [0.5, 0.6) is 5.75 Å². The molecule has 4 atom stereocenters. The smallest absolute Gasteiger partial charge is 0.329 e. The fourth-order valence-corrected chi connectivity index (χ4v) is 6.16. The summed E-state index contributed by atoms with van der Waals surface area (Å²) in [7, 11) is 1.65. The Morgan fingerprint density at radius 2 is 1.87 bits per heavy atom. The number of fused-ring (bicyclic) bond motifs is 1. The lowest BCUT2D eigenvalue weighted by atomic mass is 9.90. The molecule has 1 aromatic heterocycles. The van der Waals surface area contributed by atoms with Crippen molar-refractivity contribution in [3.8, 4) is 5.75 Å². The van der Waals surface area contributed by atoms with Crippen molar-refractivity contribution in [3.05, 3.63) is 65.9 Å². The number of methoxy groups -OCH3 is 1. The van der Waals surface area contributed by atoms with Crippen LogP contribution in [0.2, 0.25) is 0 Å². The number of likely N-dealkylation sites (tertiary alicyclic amines) is 1. The number of H-pyrrole nitrogens is 1. The summed E-state index contributed by atoms with van der Waals surface area (Å²) in [6, 6.07) is 14.1. The van der Waals surface area contributed by atoms with E-state index in [0.29, 0.717) is 32.5 Å². The minimum Gasteiger partial charge on any atom is -0.497 e. The maximum Gasteiger partial charge on any atom is 0.329 e. The highest BCUT2D eigenvalue weighted by Gasteiger charge is 2.36. The van der Waals surface area contributed by atoms with E-state index in [0.717, 1.165) is 53.6 Å². The molecular weight excluding hydrogens is 582 g/mol. The van der Waals surface area contributed by atoms with Crippen LogP contribution in [0.1, 0.15) is 76.8 Å². The molecule has 1 saturated heterocycles. The first kappa shape index (κ1) is 35.0. The van der Waals surface area contributed by atoms with Gasteiger partial charge in [0.2, 0.25) is 11.8 Å². The summed E-state index contributed by atoms with van der Waals surface area (Å²) in [6.07, 6.45) is 5.26. The SMILES string of the molecule is COc1cccc(CN2CCCC(C(=O)NC(C(=O)N[C@@H](CCCCN)C(=O)OC(C)(C)C)[C@@H](C)c3c[nH]c4ccccc34)C2)c1. The van der Waals surface area contributed by atoms with Crippen LogP contribution >= 0.6 is 0 Å². The van der Waals surface area contributed by atoms with Gasteiger partial charge in [0.15, 0.2) is 0 Å². The number of nitrogens with zero attached hydrogens (tertiary/aromatic N) is 1. The Kier molecular flexibility index (Phi) is 12.2. The van der Waals surface area contributed by atoms with Crippen LogP contribution in [0.25, 0.3) is 10.9 Å². The Bertz CT molecular complexity index is 1460. The summed E-state index contributed by atoms with van der Waals surface area (Å²) in [6.45, 7) is 10.00. The fraction of sp³-hybridized carbons (Fsp3) is 0.528. The van der Waals surface area contributed by atoms with Gasteiger partial charge in [-0.2, -0.15) is 0 Å². The van der Waals surface area contributed by atoms with E-state index in [-0.39, 0.29) is 17.7 Å². The molecule has 1 aliphatic rings. The van der Waals surface area contributed by atoms with Gasteiger partial charge in [-0.05, 0) is 95.3 Å². The molecule has 10 heteroatoms. The molecule has 0 aliphatic carbocycles. The summed E-state index contributed by atoms with van der Waals surface area (Å²) in [5.74, 6) is -0.950. The first-order valence-corrected chi connectivity index (χ1v) is 16.4. The molecule has 1 aliphatic heterocycles. The van der Waals surface area contributed by atoms with Crippen LogP contribution in [-0.2, 0) is 25.7 Å². The van der Waals surface area contributed by atoms with E-state index in [2.05, 4.69) is 26.6 Å². The summed E-state index contributed by atoms with van der Waals surface area (Å²) in [5, 5.41) is 7.05. The van der Waals surface area contributed by atoms with Crippen LogP contribution in [0.4, 0.5) is 0 Å². The molecule has 2 heterocycles. The number of ether oxygens (including phenoxy) is 2. The lowest BCUT2D eigenvalue weighted by molar-refractivity contribution is -0.159. The van der Waals surface area contributed by atoms with E-state index in [4.69, 9.17) is 15.2 Å². The van der Waals surface area contributed by atoms with Gasteiger partial charge in [0.25, 0.3) is 0 Å². The Balaban J connectivity index is 1.55. The van der Waals surface area contributed by atoms with E-state index in [1.54, 1.807) is 27.9 Å². The highest BCUT2D eigenvalue weighted by molar-refractivity contribution is 5.93. The number of para-hydroxylation sites is 1. The number of benzene rings is 2. The predicted molar refractivity (Wildman–Crippen MR) is 180 cm³/mol. The van der Waals surface area contributed by atoms with Gasteiger partial charge in [-0.3, -0.25) is 14.5 Å². The maximum absolute atomic E-state index is 14.1. The molecule has 3 aromatic rings. The Labute approximate surface area is 272 Å². The van der Waals surface area contributed by atoms with Crippen molar-refractivity contribution in [2.24, 2.45) is 11.7 Å². The van der Waals surface area contributed by atoms with Gasteiger partial charge in [0.05, 0.1) is 13.0 Å². The molecule has 1 fully saturated rings. The molecule has 2 amide bonds. The lowest BCUT2D eigenvalue weighted by Crippen LogP contribution is -2.56. The molecular formula is C36H51N5O5. The Morgan fingerprint density at radius 3 is 2.61 bits per heavy atom. The molecule has 2 aromatic carbocycles. The van der Waals surface area contributed by atoms with Gasteiger partial charge in [0.1, 0.15) is 23.4 Å². The second kappa shape index (κ2) is 16.1. The average Bonchev–Trinajstić information content (AvgIpc) is 3.46. The largest absolute Gasteiger partial charge is 0.497 e. The van der Waals surface area contributed by atoms with Crippen molar-refractivity contribution in [3.63, 3.8) is 0 Å². The van der Waals surface area contributed by atoms with Crippen LogP contribution in [-0.4, -0.2) is 72.1 Å². The number of unbranched alkanes of at least 4 members (excludes halogenated alkanes) is 1. The second-order valence-electron chi connectivity index (χ2n) is 13.4. The normalized spacial score (nSPS) is 17.6. The number of carbonyl (C=O) groups excluding carboxylic acids is 3. The van der Waals surface area contributed by atoms with E-state index in [9.17, 15) is 14.4 Å². The third-order valence-corrected chi connectivity index (χ3v) is 8.56. The zero-order valence-electron chi connectivity index (χ0n) is 27.9. The highest BCUT2D eigenvalue weighted by atomic mass is 16.6. The quantitative estimate of drug-likeness (QED) is 0.150. The average molecular weight is 634 g/mol. The number of nitrogens with two attached hydrogens (primary N) is 1. The van der Waals surface area contributed by atoms with E-state index < -0.39 is 29.6 Å². The first-order chi connectivity index (χ1) is 22.0. The van der Waals surface area contributed by atoms with Crippen LogP contribution in [0.3, 0.4) is 0 Å². The van der Waals surface area contributed by atoms with Crippen molar-refractivity contribution in [1.82, 2.24) is 20.5 Å². The van der Waals surface area contributed by atoms with Crippen molar-refractivity contribution < 1.29 is 23.9 Å². The number of hydrogen-bond donors (Lipinski definition) is 4. The zero-order valence-corrected chi connectivity index (χ0v) is 27.9. The summed E-state index contributed by atoms with van der Waals surface area (Å²) in [5.41, 5.74) is 7.98. The third-order valence-electron chi connectivity index (χ3n) is 8.56. The maximum atomic E-state index is 14.1. The molecule has 0 spiro atoms. The third kappa shape index (κ3) is 9.56. The molecule has 4 rings (SSSR count). The van der Waals surface area contributed by atoms with Gasteiger partial charge in [0, 0.05) is 36.1 Å². The molecule has 46 heavy (non-hydrogen) atoms. The fourth-order valence-electron chi connectivity index (χ4n) is 6.16. The van der Waals surface area contributed by atoms with E-state index >= 15 is 0 Å². The number of aromatic amines is 1. The number of carbonyl (C=O) groups is 3. The van der Waals surface area contributed by atoms with Gasteiger partial charge in [-0.25, -0.2) is 4.79 Å². The first-order valence-electron chi connectivity index (χ1n) is 16.4. The van der Waals surface area contributed by atoms with Crippen LogP contribution in [0, 0.1) is 5.92 Å². The monoisotopic (exact) mass is 633 g/mol. The van der Waals surface area contributed by atoms with Gasteiger partial charge < -0.3 is 30.8 Å². The topological polar surface area (TPSA) is 139 Å². The number of nitrogens with one attached hydrogen (secondary N) is 3. The standard InChI is InChI=1S/C36H51N5O5/c1-24(29-21-38-30-16-7-6-15-28(29)30)32(34(43)39-31(17-8-9-18-37)35(44)46-36(2,3)4)40-33(42)26-13-11-19-41(23-26)22-25-12-10-14-27(20-25)45-5/h6-7,10,12,14-16,20-21,24,26,31-32,38H,8-9,11,13,17-19,22-23,37H2,1-5H3,(H,39,43)(H,40,42)/t24-,26?,31-,32?/m0/s1. The van der Waals surface area contributed by atoms with Gasteiger partial charge in [-0.1, -0.05) is 37.3 Å². The predicted octanol–water partition coefficient (Wildman–Crippen LogP) is 4.63. The second-order valence-corrected chi connectivity index (χ2v) is 13.4. The van der Waals surface area contributed by atoms with Gasteiger partial charge >= 0.3 is 5.97 Å². The number of hydrogen-bond acceptors (Lipinski definition) is 7. The molecule has 2 unspecified atom stereocenters. The van der Waals surface area contributed by atoms with Crippen molar-refractivity contribution in [1.29, 1.82) is 0 Å². The lowest BCUT2D eigenvalue weighted by Gasteiger charge is -2.34. The number of piperidine rings is 1. The number of amides is 2.